The number of aliphatic imine (C=N–C) groups is 1. The van der Waals surface area contributed by atoms with E-state index in [4.69, 9.17) is 9.47 Å². The van der Waals surface area contributed by atoms with Gasteiger partial charge in [-0.05, 0) is 43.9 Å². The molecule has 122 valence electrons. The standard InChI is InChI=1S/C16H31N3O2/c1-17-16(18-8-12-21-13-15-3-4-15)19(2)9-5-14-6-10-20-11-7-14/h14-15H,3-13H2,1-2H3,(H,17,18). The second-order valence-corrected chi connectivity index (χ2v) is 6.26. The van der Waals surface area contributed by atoms with Crippen molar-refractivity contribution < 1.29 is 9.47 Å². The Balaban J connectivity index is 1.55. The summed E-state index contributed by atoms with van der Waals surface area (Å²) >= 11 is 0. The maximum absolute atomic E-state index is 5.64. The van der Waals surface area contributed by atoms with Gasteiger partial charge in [-0.25, -0.2) is 0 Å². The van der Waals surface area contributed by atoms with Crippen LogP contribution in [0.15, 0.2) is 4.99 Å². The van der Waals surface area contributed by atoms with E-state index >= 15 is 0 Å². The number of ether oxygens (including phenoxy) is 2. The zero-order chi connectivity index (χ0) is 14.9. The fourth-order valence-corrected chi connectivity index (χ4v) is 2.67. The highest BCUT2D eigenvalue weighted by Gasteiger charge is 2.21. The average Bonchev–Trinajstić information content (AvgIpc) is 3.34. The molecule has 0 aromatic heterocycles. The topological polar surface area (TPSA) is 46.1 Å². The molecule has 5 nitrogen and oxygen atoms in total. The molecule has 0 bridgehead atoms. The minimum atomic E-state index is 0.767. The molecule has 1 N–H and O–H groups in total. The van der Waals surface area contributed by atoms with Crippen molar-refractivity contribution in [3.63, 3.8) is 0 Å². The molecule has 1 saturated carbocycles. The third kappa shape index (κ3) is 6.66. The summed E-state index contributed by atoms with van der Waals surface area (Å²) in [5.41, 5.74) is 0. The molecular formula is C16H31N3O2. The molecule has 1 saturated heterocycles. The molecule has 21 heavy (non-hydrogen) atoms. The SMILES string of the molecule is CN=C(NCCOCC1CC1)N(C)CCC1CCOCC1. The highest BCUT2D eigenvalue weighted by molar-refractivity contribution is 5.79. The molecule has 1 aliphatic carbocycles. The molecule has 2 fully saturated rings. The Kier molecular flexibility index (Phi) is 7.30. The summed E-state index contributed by atoms with van der Waals surface area (Å²) in [5, 5.41) is 3.38. The lowest BCUT2D eigenvalue weighted by molar-refractivity contribution is 0.0625. The molecule has 2 rings (SSSR count). The minimum absolute atomic E-state index is 0.767. The van der Waals surface area contributed by atoms with Crippen molar-refractivity contribution in [1.82, 2.24) is 10.2 Å². The van der Waals surface area contributed by atoms with Crippen LogP contribution in [0.2, 0.25) is 0 Å². The van der Waals surface area contributed by atoms with Gasteiger partial charge in [-0.2, -0.15) is 0 Å². The van der Waals surface area contributed by atoms with E-state index in [1.54, 1.807) is 0 Å². The van der Waals surface area contributed by atoms with Gasteiger partial charge in [0.25, 0.3) is 0 Å². The van der Waals surface area contributed by atoms with Crippen molar-refractivity contribution in [2.24, 2.45) is 16.8 Å². The highest BCUT2D eigenvalue weighted by Crippen LogP contribution is 2.28. The first kappa shape index (κ1) is 16.6. The largest absolute Gasteiger partial charge is 0.381 e. The summed E-state index contributed by atoms with van der Waals surface area (Å²) in [7, 11) is 3.96. The number of hydrogen-bond donors (Lipinski definition) is 1. The number of nitrogens with one attached hydrogen (secondary N) is 1. The number of nitrogens with zero attached hydrogens (tertiary/aromatic N) is 2. The van der Waals surface area contributed by atoms with Crippen LogP contribution in [0, 0.1) is 11.8 Å². The lowest BCUT2D eigenvalue weighted by atomic mass is 9.96. The Morgan fingerprint density at radius 3 is 2.67 bits per heavy atom. The third-order valence-electron chi connectivity index (χ3n) is 4.37. The zero-order valence-electron chi connectivity index (χ0n) is 13.6. The van der Waals surface area contributed by atoms with E-state index in [0.29, 0.717) is 0 Å². The molecule has 0 aromatic rings. The first-order chi connectivity index (χ1) is 10.3. The Hall–Kier alpha value is -0.810. The van der Waals surface area contributed by atoms with E-state index in [9.17, 15) is 0 Å². The van der Waals surface area contributed by atoms with Gasteiger partial charge in [-0.3, -0.25) is 4.99 Å². The van der Waals surface area contributed by atoms with Gasteiger partial charge in [0.2, 0.25) is 0 Å². The Morgan fingerprint density at radius 1 is 1.24 bits per heavy atom. The second-order valence-electron chi connectivity index (χ2n) is 6.26. The lowest BCUT2D eigenvalue weighted by Gasteiger charge is -2.26. The average molecular weight is 297 g/mol. The predicted molar refractivity (Wildman–Crippen MR) is 85.7 cm³/mol. The Morgan fingerprint density at radius 2 is 2.00 bits per heavy atom. The Labute approximate surface area is 129 Å². The second kappa shape index (κ2) is 9.26. The van der Waals surface area contributed by atoms with Crippen molar-refractivity contribution in [3.05, 3.63) is 0 Å². The fourth-order valence-electron chi connectivity index (χ4n) is 2.67. The Bertz CT molecular complexity index is 313. The molecule has 0 aromatic carbocycles. The number of rotatable bonds is 8. The van der Waals surface area contributed by atoms with Crippen LogP contribution in [0.3, 0.4) is 0 Å². The van der Waals surface area contributed by atoms with E-state index in [-0.39, 0.29) is 0 Å². The van der Waals surface area contributed by atoms with Crippen molar-refractivity contribution in [2.75, 3.05) is 53.6 Å². The van der Waals surface area contributed by atoms with Crippen molar-refractivity contribution in [2.45, 2.75) is 32.1 Å². The molecule has 0 radical (unpaired) electrons. The van der Waals surface area contributed by atoms with Gasteiger partial charge in [0, 0.05) is 47.0 Å². The van der Waals surface area contributed by atoms with Gasteiger partial charge in [-0.15, -0.1) is 0 Å². The zero-order valence-corrected chi connectivity index (χ0v) is 13.6. The molecule has 5 heteroatoms. The molecule has 0 amide bonds. The van der Waals surface area contributed by atoms with Crippen molar-refractivity contribution in [1.29, 1.82) is 0 Å². The van der Waals surface area contributed by atoms with Gasteiger partial charge >= 0.3 is 0 Å². The van der Waals surface area contributed by atoms with Crippen LogP contribution < -0.4 is 5.32 Å². The van der Waals surface area contributed by atoms with Crippen LogP contribution in [-0.2, 0) is 9.47 Å². The first-order valence-corrected chi connectivity index (χ1v) is 8.37. The molecule has 2 aliphatic rings. The van der Waals surface area contributed by atoms with Crippen LogP contribution in [0.1, 0.15) is 32.1 Å². The fraction of sp³-hybridized carbons (Fsp3) is 0.938. The number of guanidine groups is 1. The third-order valence-corrected chi connectivity index (χ3v) is 4.37. The van der Waals surface area contributed by atoms with E-state index in [1.807, 2.05) is 7.05 Å². The summed E-state index contributed by atoms with van der Waals surface area (Å²) in [6, 6.07) is 0. The highest BCUT2D eigenvalue weighted by atomic mass is 16.5. The lowest BCUT2D eigenvalue weighted by Crippen LogP contribution is -2.41. The summed E-state index contributed by atoms with van der Waals surface area (Å²) in [5.74, 6) is 2.62. The van der Waals surface area contributed by atoms with E-state index in [2.05, 4.69) is 22.3 Å². The van der Waals surface area contributed by atoms with Gasteiger partial charge in [0.1, 0.15) is 0 Å². The molecular weight excluding hydrogens is 266 g/mol. The normalized spacial score (nSPS) is 20.6. The van der Waals surface area contributed by atoms with Crippen LogP contribution in [-0.4, -0.2) is 64.5 Å². The van der Waals surface area contributed by atoms with Crippen LogP contribution in [0.25, 0.3) is 0 Å². The van der Waals surface area contributed by atoms with E-state index < -0.39 is 0 Å². The molecule has 1 heterocycles. The minimum Gasteiger partial charge on any atom is -0.381 e. The van der Waals surface area contributed by atoms with E-state index in [1.165, 1.54) is 32.1 Å². The maximum Gasteiger partial charge on any atom is 0.193 e. The monoisotopic (exact) mass is 297 g/mol. The molecule has 0 atom stereocenters. The van der Waals surface area contributed by atoms with Crippen molar-refractivity contribution >= 4 is 5.96 Å². The molecule has 0 unspecified atom stereocenters. The maximum atomic E-state index is 5.64. The van der Waals surface area contributed by atoms with Crippen LogP contribution in [0.4, 0.5) is 0 Å². The van der Waals surface area contributed by atoms with E-state index in [0.717, 1.165) is 57.3 Å². The summed E-state index contributed by atoms with van der Waals surface area (Å²) in [6.07, 6.45) is 6.33. The summed E-state index contributed by atoms with van der Waals surface area (Å²) in [4.78, 5) is 6.57. The molecule has 1 aliphatic heterocycles. The van der Waals surface area contributed by atoms with Crippen LogP contribution >= 0.6 is 0 Å². The molecule has 0 spiro atoms. The first-order valence-electron chi connectivity index (χ1n) is 8.37. The smallest absolute Gasteiger partial charge is 0.193 e. The van der Waals surface area contributed by atoms with Crippen molar-refractivity contribution in [3.8, 4) is 0 Å². The number of hydrogen-bond acceptors (Lipinski definition) is 3. The quantitative estimate of drug-likeness (QED) is 0.421. The summed E-state index contributed by atoms with van der Waals surface area (Å²) in [6.45, 7) is 5.44. The van der Waals surface area contributed by atoms with Gasteiger partial charge < -0.3 is 19.7 Å². The van der Waals surface area contributed by atoms with Gasteiger partial charge in [0.15, 0.2) is 5.96 Å². The van der Waals surface area contributed by atoms with Gasteiger partial charge in [-0.1, -0.05) is 0 Å². The summed E-state index contributed by atoms with van der Waals surface area (Å²) < 4.78 is 11.0. The van der Waals surface area contributed by atoms with Gasteiger partial charge in [0.05, 0.1) is 6.61 Å². The van der Waals surface area contributed by atoms with Crippen LogP contribution in [0.5, 0.6) is 0 Å². The predicted octanol–water partition coefficient (Wildman–Crippen LogP) is 1.74.